The van der Waals surface area contributed by atoms with E-state index in [-0.39, 0.29) is 11.3 Å². The fourth-order valence-electron chi connectivity index (χ4n) is 4.52. The lowest BCUT2D eigenvalue weighted by Crippen LogP contribution is -2.43. The van der Waals surface area contributed by atoms with Crippen molar-refractivity contribution in [1.82, 2.24) is 29.7 Å². The predicted octanol–water partition coefficient (Wildman–Crippen LogP) is 0.943. The number of hydrogen-bond donors (Lipinski definition) is 1. The number of hydrogen-bond acceptors (Lipinski definition) is 8. The summed E-state index contributed by atoms with van der Waals surface area (Å²) in [6, 6.07) is 9.02. The lowest BCUT2D eigenvalue weighted by Gasteiger charge is -2.39. The summed E-state index contributed by atoms with van der Waals surface area (Å²) in [5.74, 6) is 0.717. The van der Waals surface area contributed by atoms with E-state index < -0.39 is 6.10 Å². The van der Waals surface area contributed by atoms with Crippen LogP contribution in [-0.4, -0.2) is 66.9 Å². The number of aliphatic hydroxyl groups is 1. The Kier molecular flexibility index (Phi) is 4.84. The van der Waals surface area contributed by atoms with Gasteiger partial charge in [-0.1, -0.05) is 0 Å². The Labute approximate surface area is 178 Å². The number of pyridine rings is 1. The molecule has 0 aliphatic carbocycles. The lowest BCUT2D eigenvalue weighted by atomic mass is 9.77. The minimum absolute atomic E-state index is 0.0605. The SMILES string of the molecule is N#Cc1ccc(C(O)CN2CCC3(CC2)CC(=O)N(c2ccc4nncn4n2)C3)nc1. The number of fused-ring (bicyclic) bond motifs is 1. The summed E-state index contributed by atoms with van der Waals surface area (Å²) in [4.78, 5) is 20.9. The van der Waals surface area contributed by atoms with Gasteiger partial charge in [0.15, 0.2) is 11.5 Å². The molecule has 3 aromatic rings. The van der Waals surface area contributed by atoms with Gasteiger partial charge in [0.05, 0.1) is 11.3 Å². The van der Waals surface area contributed by atoms with Gasteiger partial charge in [0.2, 0.25) is 5.91 Å². The zero-order chi connectivity index (χ0) is 21.4. The molecule has 3 aromatic heterocycles. The van der Waals surface area contributed by atoms with Crippen molar-refractivity contribution in [2.75, 3.05) is 31.1 Å². The van der Waals surface area contributed by atoms with Crippen LogP contribution in [0.5, 0.6) is 0 Å². The molecule has 5 heterocycles. The molecule has 1 atom stereocenters. The molecule has 1 N–H and O–H groups in total. The van der Waals surface area contributed by atoms with Crippen LogP contribution in [0.2, 0.25) is 0 Å². The highest BCUT2D eigenvalue weighted by molar-refractivity contribution is 5.95. The molecule has 2 aliphatic heterocycles. The highest BCUT2D eigenvalue weighted by atomic mass is 16.3. The third-order valence-electron chi connectivity index (χ3n) is 6.35. The molecular weight excluding hydrogens is 396 g/mol. The lowest BCUT2D eigenvalue weighted by molar-refractivity contribution is -0.118. The number of aliphatic hydroxyl groups excluding tert-OH is 1. The van der Waals surface area contributed by atoms with Crippen LogP contribution in [0.1, 0.15) is 36.6 Å². The van der Waals surface area contributed by atoms with Crippen molar-refractivity contribution in [2.45, 2.75) is 25.4 Å². The summed E-state index contributed by atoms with van der Waals surface area (Å²) in [5.41, 5.74) is 1.63. The van der Waals surface area contributed by atoms with Crippen LogP contribution in [0.4, 0.5) is 5.82 Å². The normalized spacial score (nSPS) is 19.7. The van der Waals surface area contributed by atoms with E-state index in [1.807, 2.05) is 18.2 Å². The smallest absolute Gasteiger partial charge is 0.228 e. The first-order valence-electron chi connectivity index (χ1n) is 10.3. The zero-order valence-corrected chi connectivity index (χ0v) is 16.9. The molecule has 2 fully saturated rings. The van der Waals surface area contributed by atoms with E-state index in [1.165, 1.54) is 12.5 Å². The molecule has 0 saturated carbocycles. The Morgan fingerprint density at radius 3 is 2.81 bits per heavy atom. The summed E-state index contributed by atoms with van der Waals surface area (Å²) in [6.45, 7) is 2.76. The van der Waals surface area contributed by atoms with Crippen molar-refractivity contribution in [1.29, 1.82) is 5.26 Å². The number of amides is 1. The maximum Gasteiger partial charge on any atom is 0.228 e. The molecule has 1 unspecified atom stereocenters. The average Bonchev–Trinajstić information content (AvgIpc) is 3.39. The van der Waals surface area contributed by atoms with Crippen LogP contribution in [0, 0.1) is 16.7 Å². The second kappa shape index (κ2) is 7.68. The maximum atomic E-state index is 12.8. The molecule has 1 amide bonds. The fourth-order valence-corrected chi connectivity index (χ4v) is 4.52. The summed E-state index contributed by atoms with van der Waals surface area (Å²) < 4.78 is 1.58. The van der Waals surface area contributed by atoms with Gasteiger partial charge < -0.3 is 10.0 Å². The van der Waals surface area contributed by atoms with Crippen LogP contribution < -0.4 is 4.90 Å². The van der Waals surface area contributed by atoms with Gasteiger partial charge in [-0.2, -0.15) is 9.78 Å². The quantitative estimate of drug-likeness (QED) is 0.664. The fraction of sp³-hybridized carbons (Fsp3) is 0.429. The van der Waals surface area contributed by atoms with Crippen molar-refractivity contribution in [3.05, 3.63) is 48.0 Å². The van der Waals surface area contributed by atoms with Crippen LogP contribution >= 0.6 is 0 Å². The van der Waals surface area contributed by atoms with Gasteiger partial charge in [-0.05, 0) is 55.6 Å². The second-order valence-electron chi connectivity index (χ2n) is 8.38. The number of nitrogens with zero attached hydrogens (tertiary/aromatic N) is 8. The van der Waals surface area contributed by atoms with Crippen LogP contribution in [0.25, 0.3) is 5.65 Å². The molecule has 5 rings (SSSR count). The first-order valence-corrected chi connectivity index (χ1v) is 10.3. The Morgan fingerprint density at radius 2 is 2.06 bits per heavy atom. The largest absolute Gasteiger partial charge is 0.385 e. The minimum Gasteiger partial charge on any atom is -0.385 e. The second-order valence-corrected chi connectivity index (χ2v) is 8.38. The van der Waals surface area contributed by atoms with Gasteiger partial charge in [-0.3, -0.25) is 14.7 Å². The van der Waals surface area contributed by atoms with Gasteiger partial charge in [0.25, 0.3) is 0 Å². The number of nitriles is 1. The monoisotopic (exact) mass is 418 g/mol. The van der Waals surface area contributed by atoms with Gasteiger partial charge in [0.1, 0.15) is 18.5 Å². The van der Waals surface area contributed by atoms with Gasteiger partial charge in [0, 0.05) is 25.7 Å². The molecular formula is C21H22N8O2. The number of likely N-dealkylation sites (tertiary alicyclic amines) is 1. The molecule has 10 nitrogen and oxygen atoms in total. The predicted molar refractivity (Wildman–Crippen MR) is 110 cm³/mol. The van der Waals surface area contributed by atoms with Gasteiger partial charge in [-0.15, -0.1) is 15.3 Å². The summed E-state index contributed by atoms with van der Waals surface area (Å²) in [6.07, 6.45) is 4.59. The highest BCUT2D eigenvalue weighted by Crippen LogP contribution is 2.42. The summed E-state index contributed by atoms with van der Waals surface area (Å²) in [5, 5.41) is 31.7. The van der Waals surface area contributed by atoms with Crippen molar-refractivity contribution in [3.8, 4) is 6.07 Å². The Balaban J connectivity index is 1.21. The molecule has 0 aromatic carbocycles. The number of rotatable bonds is 4. The van der Waals surface area contributed by atoms with Crippen molar-refractivity contribution in [2.24, 2.45) is 5.41 Å². The maximum absolute atomic E-state index is 12.8. The van der Waals surface area contributed by atoms with E-state index in [0.717, 1.165) is 25.9 Å². The number of β-amino-alcohol motifs (C(OH)–C–C–N with tert-alkyl or cyclic N) is 1. The Bertz CT molecular complexity index is 1140. The summed E-state index contributed by atoms with van der Waals surface area (Å²) >= 11 is 0. The number of aromatic nitrogens is 5. The van der Waals surface area contributed by atoms with E-state index in [2.05, 4.69) is 25.2 Å². The topological polar surface area (TPSA) is 124 Å². The third kappa shape index (κ3) is 3.73. The highest BCUT2D eigenvalue weighted by Gasteiger charge is 2.46. The average molecular weight is 418 g/mol. The van der Waals surface area contributed by atoms with E-state index in [0.29, 0.717) is 42.2 Å². The van der Waals surface area contributed by atoms with Crippen molar-refractivity contribution < 1.29 is 9.90 Å². The van der Waals surface area contributed by atoms with Gasteiger partial charge in [-0.25, -0.2) is 0 Å². The van der Waals surface area contributed by atoms with E-state index in [4.69, 9.17) is 5.26 Å². The molecule has 1 spiro atoms. The summed E-state index contributed by atoms with van der Waals surface area (Å²) in [7, 11) is 0. The molecule has 10 heteroatoms. The molecule has 2 aliphatic rings. The van der Waals surface area contributed by atoms with Crippen LogP contribution in [0.3, 0.4) is 0 Å². The molecule has 2 saturated heterocycles. The minimum atomic E-state index is -0.705. The molecule has 158 valence electrons. The van der Waals surface area contributed by atoms with Crippen LogP contribution in [-0.2, 0) is 4.79 Å². The van der Waals surface area contributed by atoms with Crippen molar-refractivity contribution >= 4 is 17.4 Å². The molecule has 31 heavy (non-hydrogen) atoms. The van der Waals surface area contributed by atoms with Crippen molar-refractivity contribution in [3.63, 3.8) is 0 Å². The van der Waals surface area contributed by atoms with E-state index >= 15 is 0 Å². The number of piperidine rings is 1. The Hall–Kier alpha value is -3.42. The van der Waals surface area contributed by atoms with E-state index in [1.54, 1.807) is 21.5 Å². The molecule has 0 bridgehead atoms. The first-order chi connectivity index (χ1) is 15.0. The Morgan fingerprint density at radius 1 is 1.23 bits per heavy atom. The molecule has 0 radical (unpaired) electrons. The van der Waals surface area contributed by atoms with E-state index in [9.17, 15) is 9.90 Å². The number of anilines is 1. The third-order valence-corrected chi connectivity index (χ3v) is 6.35. The first kappa shape index (κ1) is 19.5. The zero-order valence-electron chi connectivity index (χ0n) is 16.9. The standard InChI is InChI=1S/C21H22N8O2/c22-10-15-1-2-16(23-11-15)17(30)12-27-7-5-21(6-8-27)9-20(31)28(13-21)19-4-3-18-25-24-14-29(18)26-19/h1-4,11,14,17,30H,5-9,12-13H2. The van der Waals surface area contributed by atoms with Crippen LogP contribution in [0.15, 0.2) is 36.8 Å². The number of carbonyl (C=O) groups excluding carboxylic acids is 1. The number of carbonyl (C=O) groups is 1. The van der Waals surface area contributed by atoms with Gasteiger partial charge >= 0.3 is 0 Å².